The van der Waals surface area contributed by atoms with E-state index in [1.54, 1.807) is 0 Å². The number of likely N-dealkylation sites (tertiary alicyclic amines) is 2. The molecule has 2 saturated heterocycles. The van der Waals surface area contributed by atoms with Crippen molar-refractivity contribution in [2.24, 2.45) is 11.8 Å². The third kappa shape index (κ3) is 4.76. The molecule has 0 saturated carbocycles. The van der Waals surface area contributed by atoms with Gasteiger partial charge in [0.25, 0.3) is 0 Å². The monoisotopic (exact) mass is 414 g/mol. The molecule has 0 unspecified atom stereocenters. The van der Waals surface area contributed by atoms with Gasteiger partial charge in [-0.05, 0) is 49.6 Å². The molecule has 0 N–H and O–H groups in total. The molecule has 2 fully saturated rings. The van der Waals surface area contributed by atoms with Crippen LogP contribution in [0.2, 0.25) is 0 Å². The molecule has 0 radical (unpaired) electrons. The third-order valence-corrected chi connectivity index (χ3v) is 6.30. The van der Waals surface area contributed by atoms with E-state index >= 15 is 0 Å². The lowest BCUT2D eigenvalue weighted by molar-refractivity contribution is -0.130. The second kappa shape index (κ2) is 9.64. The largest absolute Gasteiger partial charge is 0.494 e. The molecule has 0 aliphatic carbocycles. The summed E-state index contributed by atoms with van der Waals surface area (Å²) in [5.74, 6) is 2.27. The van der Waals surface area contributed by atoms with Gasteiger partial charge in [-0.25, -0.2) is 0 Å². The molecule has 2 aliphatic rings. The van der Waals surface area contributed by atoms with E-state index in [0.29, 0.717) is 30.9 Å². The number of amides is 1. The smallest absolute Gasteiger partial charge is 0.222 e. The fourth-order valence-electron chi connectivity index (χ4n) is 4.94. The number of nitrogens with zero attached hydrogens (tertiary/aromatic N) is 2. The molecule has 2 aliphatic heterocycles. The first kappa shape index (κ1) is 21.7. The van der Waals surface area contributed by atoms with Gasteiger partial charge in [-0.3, -0.25) is 9.69 Å². The van der Waals surface area contributed by atoms with E-state index in [1.807, 2.05) is 30.3 Å². The van der Waals surface area contributed by atoms with Crippen LogP contribution in [0.1, 0.15) is 30.0 Å². The van der Waals surface area contributed by atoms with Gasteiger partial charge in [0.05, 0.1) is 6.61 Å². The molecule has 2 aromatic rings. The summed E-state index contributed by atoms with van der Waals surface area (Å²) >= 11 is 0. The minimum atomic E-state index is 0. The molecule has 0 spiro atoms. The molecular formula is C24H31ClN2O2. The Balaban J connectivity index is 0.00000240. The normalized spacial score (nSPS) is 23.5. The Kier molecular flexibility index (Phi) is 7.20. The summed E-state index contributed by atoms with van der Waals surface area (Å²) in [6.45, 7) is 5.64. The second-order valence-electron chi connectivity index (χ2n) is 8.23. The van der Waals surface area contributed by atoms with Crippen molar-refractivity contribution in [2.75, 3.05) is 33.3 Å². The quantitative estimate of drug-likeness (QED) is 0.659. The molecular weight excluding hydrogens is 384 g/mol. The van der Waals surface area contributed by atoms with E-state index in [0.717, 1.165) is 31.8 Å². The SMILES string of the molecule is Cc1ccccc1[C@H]1[C@@H]2CN(C(=O)CCCOc3ccccc3)C[C@@H]2CN1C.Cl. The van der Waals surface area contributed by atoms with Gasteiger partial charge in [-0.1, -0.05) is 42.5 Å². The Hall–Kier alpha value is -2.04. The van der Waals surface area contributed by atoms with Crippen molar-refractivity contribution >= 4 is 18.3 Å². The molecule has 4 rings (SSSR count). The van der Waals surface area contributed by atoms with Crippen molar-refractivity contribution < 1.29 is 9.53 Å². The van der Waals surface area contributed by atoms with Crippen LogP contribution in [0.4, 0.5) is 0 Å². The van der Waals surface area contributed by atoms with Gasteiger partial charge < -0.3 is 9.64 Å². The number of benzene rings is 2. The average Bonchev–Trinajstić information content (AvgIpc) is 3.23. The first-order valence-corrected chi connectivity index (χ1v) is 10.3. The zero-order chi connectivity index (χ0) is 19.5. The molecule has 2 aromatic carbocycles. The predicted molar refractivity (Wildman–Crippen MR) is 119 cm³/mol. The van der Waals surface area contributed by atoms with Gasteiger partial charge in [0.2, 0.25) is 5.91 Å². The lowest BCUT2D eigenvalue weighted by atomic mass is 9.88. The highest BCUT2D eigenvalue weighted by molar-refractivity contribution is 5.85. The van der Waals surface area contributed by atoms with Crippen molar-refractivity contribution in [3.63, 3.8) is 0 Å². The molecule has 3 atom stereocenters. The fourth-order valence-corrected chi connectivity index (χ4v) is 4.94. The number of halogens is 1. The van der Waals surface area contributed by atoms with Crippen LogP contribution >= 0.6 is 12.4 Å². The van der Waals surface area contributed by atoms with Crippen LogP contribution in [0, 0.1) is 18.8 Å². The van der Waals surface area contributed by atoms with Crippen LogP contribution < -0.4 is 4.74 Å². The van der Waals surface area contributed by atoms with Crippen LogP contribution in [-0.2, 0) is 4.79 Å². The first-order valence-electron chi connectivity index (χ1n) is 10.3. The van der Waals surface area contributed by atoms with E-state index in [9.17, 15) is 4.79 Å². The van der Waals surface area contributed by atoms with Crippen LogP contribution in [0.5, 0.6) is 5.75 Å². The molecule has 1 amide bonds. The van der Waals surface area contributed by atoms with Gasteiger partial charge in [0.1, 0.15) is 5.75 Å². The number of fused-ring (bicyclic) bond motifs is 1. The highest BCUT2D eigenvalue weighted by Gasteiger charge is 2.47. The molecule has 29 heavy (non-hydrogen) atoms. The van der Waals surface area contributed by atoms with E-state index in [4.69, 9.17) is 4.74 Å². The minimum absolute atomic E-state index is 0. The van der Waals surface area contributed by atoms with Gasteiger partial charge in [-0.2, -0.15) is 0 Å². The van der Waals surface area contributed by atoms with Crippen LogP contribution in [0.25, 0.3) is 0 Å². The zero-order valence-corrected chi connectivity index (χ0v) is 18.1. The van der Waals surface area contributed by atoms with Crippen molar-refractivity contribution in [3.05, 3.63) is 65.7 Å². The first-order chi connectivity index (χ1) is 13.6. The van der Waals surface area contributed by atoms with Gasteiger partial charge in [-0.15, -0.1) is 12.4 Å². The Bertz CT molecular complexity index is 814. The van der Waals surface area contributed by atoms with Crippen molar-refractivity contribution in [1.82, 2.24) is 9.80 Å². The number of carbonyl (C=O) groups is 1. The fraction of sp³-hybridized carbons (Fsp3) is 0.458. The summed E-state index contributed by atoms with van der Waals surface area (Å²) in [5.41, 5.74) is 2.77. The van der Waals surface area contributed by atoms with Gasteiger partial charge in [0.15, 0.2) is 0 Å². The summed E-state index contributed by atoms with van der Waals surface area (Å²) in [5, 5.41) is 0. The maximum Gasteiger partial charge on any atom is 0.222 e. The summed E-state index contributed by atoms with van der Waals surface area (Å²) in [4.78, 5) is 17.3. The molecule has 4 nitrogen and oxygen atoms in total. The molecule has 156 valence electrons. The van der Waals surface area contributed by atoms with Crippen LogP contribution in [0.3, 0.4) is 0 Å². The highest BCUT2D eigenvalue weighted by Crippen LogP contribution is 2.44. The van der Waals surface area contributed by atoms with Gasteiger partial charge in [0, 0.05) is 38.0 Å². The van der Waals surface area contributed by atoms with Crippen molar-refractivity contribution in [1.29, 1.82) is 0 Å². The van der Waals surface area contributed by atoms with E-state index in [2.05, 4.69) is 48.0 Å². The van der Waals surface area contributed by atoms with Crippen LogP contribution in [-0.4, -0.2) is 49.0 Å². The van der Waals surface area contributed by atoms with E-state index < -0.39 is 0 Å². The number of hydrogen-bond acceptors (Lipinski definition) is 3. The summed E-state index contributed by atoms with van der Waals surface area (Å²) in [6.07, 6.45) is 1.33. The number of para-hydroxylation sites is 1. The molecule has 0 bridgehead atoms. The topological polar surface area (TPSA) is 32.8 Å². The molecule has 0 aromatic heterocycles. The Labute approximate surface area is 180 Å². The lowest BCUT2D eigenvalue weighted by Gasteiger charge is -2.28. The van der Waals surface area contributed by atoms with E-state index in [1.165, 1.54) is 11.1 Å². The summed E-state index contributed by atoms with van der Waals surface area (Å²) in [6, 6.07) is 18.9. The molecule has 5 heteroatoms. The second-order valence-corrected chi connectivity index (χ2v) is 8.23. The van der Waals surface area contributed by atoms with Gasteiger partial charge >= 0.3 is 0 Å². The van der Waals surface area contributed by atoms with E-state index in [-0.39, 0.29) is 18.3 Å². The van der Waals surface area contributed by atoms with Crippen LogP contribution in [0.15, 0.2) is 54.6 Å². The highest BCUT2D eigenvalue weighted by atomic mass is 35.5. The predicted octanol–water partition coefficient (Wildman–Crippen LogP) is 4.34. The summed E-state index contributed by atoms with van der Waals surface area (Å²) in [7, 11) is 2.22. The maximum absolute atomic E-state index is 12.7. The third-order valence-electron chi connectivity index (χ3n) is 6.30. The standard InChI is InChI=1S/C24H30N2O2.ClH/c1-18-9-6-7-12-21(18)24-22-17-26(16-19(22)15-25(24)2)23(27)13-8-14-28-20-10-4-3-5-11-20;/h3-7,9-12,19,22,24H,8,13-17H2,1-2H3;1H/t19-,22+,24-;/m0./s1. The Morgan fingerprint density at radius 2 is 1.76 bits per heavy atom. The minimum Gasteiger partial charge on any atom is -0.494 e. The number of carbonyl (C=O) groups excluding carboxylic acids is 1. The van der Waals surface area contributed by atoms with Crippen molar-refractivity contribution in [3.8, 4) is 5.75 Å². The number of aryl methyl sites for hydroxylation is 1. The summed E-state index contributed by atoms with van der Waals surface area (Å²) < 4.78 is 5.72. The zero-order valence-electron chi connectivity index (χ0n) is 17.3. The average molecular weight is 415 g/mol. The number of ether oxygens (including phenoxy) is 1. The lowest BCUT2D eigenvalue weighted by Crippen LogP contribution is -2.33. The number of rotatable bonds is 6. The Morgan fingerprint density at radius 1 is 1.03 bits per heavy atom. The maximum atomic E-state index is 12.7. The Morgan fingerprint density at radius 3 is 2.52 bits per heavy atom. The molecule has 2 heterocycles. The van der Waals surface area contributed by atoms with Crippen molar-refractivity contribution in [2.45, 2.75) is 25.8 Å². The number of hydrogen-bond donors (Lipinski definition) is 0.